The lowest BCUT2D eigenvalue weighted by atomic mass is 10.2. The summed E-state index contributed by atoms with van der Waals surface area (Å²) in [4.78, 5) is 20.4. The number of hydrogen-bond donors (Lipinski definition) is 3. The molecule has 0 amide bonds. The van der Waals surface area contributed by atoms with E-state index in [4.69, 9.17) is 14.3 Å². The Kier molecular flexibility index (Phi) is 2.19. The van der Waals surface area contributed by atoms with Gasteiger partial charge in [0.2, 0.25) is 0 Å². The standard InChI is InChI=1S/C8H8NO3P/c10-13(11)12-8-3-1-2-7-6(8)4-5-9-7/h1-5,9-11H. The van der Waals surface area contributed by atoms with Gasteiger partial charge in [-0.15, -0.1) is 0 Å². The summed E-state index contributed by atoms with van der Waals surface area (Å²) in [5.41, 5.74) is 0.911. The van der Waals surface area contributed by atoms with E-state index >= 15 is 0 Å². The Morgan fingerprint density at radius 3 is 2.85 bits per heavy atom. The molecular weight excluding hydrogens is 189 g/mol. The highest BCUT2D eigenvalue weighted by Gasteiger charge is 2.06. The second-order valence-electron chi connectivity index (χ2n) is 2.54. The van der Waals surface area contributed by atoms with Crippen LogP contribution < -0.4 is 4.52 Å². The number of fused-ring (bicyclic) bond motifs is 1. The van der Waals surface area contributed by atoms with Crippen molar-refractivity contribution < 1.29 is 14.3 Å². The molecule has 3 N–H and O–H groups in total. The fourth-order valence-electron chi connectivity index (χ4n) is 1.22. The van der Waals surface area contributed by atoms with Gasteiger partial charge in [-0.1, -0.05) is 6.07 Å². The maximum absolute atomic E-state index is 8.69. The lowest BCUT2D eigenvalue weighted by Gasteiger charge is -2.05. The summed E-state index contributed by atoms with van der Waals surface area (Å²) in [5.74, 6) is 0.481. The van der Waals surface area contributed by atoms with E-state index in [1.54, 1.807) is 18.3 Å². The zero-order chi connectivity index (χ0) is 9.26. The molecule has 2 rings (SSSR count). The average Bonchev–Trinajstić information content (AvgIpc) is 2.51. The summed E-state index contributed by atoms with van der Waals surface area (Å²) in [5, 5.41) is 0.845. The van der Waals surface area contributed by atoms with Crippen molar-refractivity contribution >= 4 is 19.5 Å². The van der Waals surface area contributed by atoms with E-state index in [0.29, 0.717) is 5.75 Å². The van der Waals surface area contributed by atoms with Gasteiger partial charge in [0.15, 0.2) is 0 Å². The summed E-state index contributed by atoms with van der Waals surface area (Å²) in [6, 6.07) is 7.19. The smallest absolute Gasteiger partial charge is 0.391 e. The molecule has 0 aliphatic rings. The van der Waals surface area contributed by atoms with Crippen LogP contribution in [0.15, 0.2) is 30.5 Å². The van der Waals surface area contributed by atoms with Crippen molar-refractivity contribution in [3.8, 4) is 5.75 Å². The van der Waals surface area contributed by atoms with Gasteiger partial charge in [0.05, 0.1) is 0 Å². The second kappa shape index (κ2) is 3.34. The highest BCUT2D eigenvalue weighted by Crippen LogP contribution is 2.33. The van der Waals surface area contributed by atoms with Gasteiger partial charge in [-0.25, -0.2) is 0 Å². The Bertz CT molecular complexity index is 412. The summed E-state index contributed by atoms with van der Waals surface area (Å²) >= 11 is 0. The fraction of sp³-hybridized carbons (Fsp3) is 0. The highest BCUT2D eigenvalue weighted by molar-refractivity contribution is 7.39. The Balaban J connectivity index is 2.48. The number of aromatic amines is 1. The molecule has 0 spiro atoms. The molecule has 0 aliphatic carbocycles. The summed E-state index contributed by atoms with van der Waals surface area (Å²) in [6.07, 6.45) is 1.77. The molecule has 0 saturated carbocycles. The van der Waals surface area contributed by atoms with Gasteiger partial charge in [0.1, 0.15) is 5.75 Å². The Morgan fingerprint density at radius 1 is 1.23 bits per heavy atom. The molecule has 1 heterocycles. The fourth-order valence-corrected chi connectivity index (χ4v) is 1.56. The maximum Gasteiger partial charge on any atom is 0.391 e. The number of nitrogens with one attached hydrogen (secondary N) is 1. The molecule has 2 aromatic rings. The van der Waals surface area contributed by atoms with Crippen molar-refractivity contribution in [3.05, 3.63) is 30.5 Å². The van der Waals surface area contributed by atoms with E-state index in [1.807, 2.05) is 12.1 Å². The van der Waals surface area contributed by atoms with Crippen LogP contribution in [0.3, 0.4) is 0 Å². The minimum atomic E-state index is -2.34. The normalized spacial score (nSPS) is 11.0. The molecule has 0 fully saturated rings. The first kappa shape index (κ1) is 8.51. The van der Waals surface area contributed by atoms with Crippen LogP contribution in [0.2, 0.25) is 0 Å². The van der Waals surface area contributed by atoms with Gasteiger partial charge in [-0.2, -0.15) is 0 Å². The minimum Gasteiger partial charge on any atom is -0.426 e. The van der Waals surface area contributed by atoms with Crippen LogP contribution in [0.25, 0.3) is 10.9 Å². The third kappa shape index (κ3) is 1.65. The molecular formula is C8H8NO3P. The van der Waals surface area contributed by atoms with Gasteiger partial charge >= 0.3 is 8.60 Å². The molecule has 0 aliphatic heterocycles. The number of H-pyrrole nitrogens is 1. The largest absolute Gasteiger partial charge is 0.426 e. The van der Waals surface area contributed by atoms with E-state index in [0.717, 1.165) is 10.9 Å². The van der Waals surface area contributed by atoms with Crippen LogP contribution in [0.5, 0.6) is 5.75 Å². The van der Waals surface area contributed by atoms with Gasteiger partial charge in [0, 0.05) is 17.1 Å². The van der Waals surface area contributed by atoms with Crippen LogP contribution in [-0.2, 0) is 0 Å². The quantitative estimate of drug-likeness (QED) is 0.642. The van der Waals surface area contributed by atoms with Crippen molar-refractivity contribution in [3.63, 3.8) is 0 Å². The lowest BCUT2D eigenvalue weighted by Crippen LogP contribution is -1.84. The van der Waals surface area contributed by atoms with E-state index in [-0.39, 0.29) is 0 Å². The average molecular weight is 197 g/mol. The number of hydrogen-bond acceptors (Lipinski definition) is 3. The molecule has 0 radical (unpaired) electrons. The molecule has 0 saturated heterocycles. The van der Waals surface area contributed by atoms with E-state index in [1.165, 1.54) is 0 Å². The zero-order valence-electron chi connectivity index (χ0n) is 6.64. The first-order valence-electron chi connectivity index (χ1n) is 3.69. The number of benzene rings is 1. The first-order valence-corrected chi connectivity index (χ1v) is 4.86. The Hall–Kier alpha value is -1.09. The minimum absolute atomic E-state index is 0.481. The summed E-state index contributed by atoms with van der Waals surface area (Å²) in [6.45, 7) is 0. The number of rotatable bonds is 2. The van der Waals surface area contributed by atoms with Crippen molar-refractivity contribution in [1.29, 1.82) is 0 Å². The molecule has 4 nitrogen and oxygen atoms in total. The van der Waals surface area contributed by atoms with Crippen molar-refractivity contribution in [2.75, 3.05) is 0 Å². The van der Waals surface area contributed by atoms with E-state index in [9.17, 15) is 0 Å². The molecule has 1 aromatic carbocycles. The third-order valence-corrected chi connectivity index (χ3v) is 2.09. The lowest BCUT2D eigenvalue weighted by molar-refractivity contribution is 0.377. The van der Waals surface area contributed by atoms with Crippen molar-refractivity contribution in [1.82, 2.24) is 4.98 Å². The molecule has 13 heavy (non-hydrogen) atoms. The van der Waals surface area contributed by atoms with Crippen LogP contribution in [-0.4, -0.2) is 14.8 Å². The zero-order valence-corrected chi connectivity index (χ0v) is 7.53. The predicted molar refractivity (Wildman–Crippen MR) is 50.3 cm³/mol. The number of aromatic nitrogens is 1. The van der Waals surface area contributed by atoms with E-state index in [2.05, 4.69) is 4.98 Å². The molecule has 0 unspecified atom stereocenters. The van der Waals surface area contributed by atoms with Gasteiger partial charge < -0.3 is 19.3 Å². The Morgan fingerprint density at radius 2 is 2.08 bits per heavy atom. The summed E-state index contributed by atoms with van der Waals surface area (Å²) in [7, 11) is -2.34. The van der Waals surface area contributed by atoms with Crippen LogP contribution in [0.4, 0.5) is 0 Å². The van der Waals surface area contributed by atoms with Crippen molar-refractivity contribution in [2.45, 2.75) is 0 Å². The Labute approximate surface area is 75.8 Å². The third-order valence-electron chi connectivity index (χ3n) is 1.73. The molecule has 0 bridgehead atoms. The molecule has 68 valence electrons. The monoisotopic (exact) mass is 197 g/mol. The van der Waals surface area contributed by atoms with Gasteiger partial charge in [0.25, 0.3) is 0 Å². The topological polar surface area (TPSA) is 65.5 Å². The predicted octanol–water partition coefficient (Wildman–Crippen LogP) is 1.76. The first-order chi connectivity index (χ1) is 6.27. The highest BCUT2D eigenvalue weighted by atomic mass is 31.2. The van der Waals surface area contributed by atoms with Gasteiger partial charge in [-0.05, 0) is 18.2 Å². The molecule has 5 heteroatoms. The second-order valence-corrected chi connectivity index (χ2v) is 3.23. The maximum atomic E-state index is 8.69. The van der Waals surface area contributed by atoms with Crippen LogP contribution in [0.1, 0.15) is 0 Å². The van der Waals surface area contributed by atoms with Crippen LogP contribution in [0, 0.1) is 0 Å². The van der Waals surface area contributed by atoms with Crippen LogP contribution >= 0.6 is 8.60 Å². The SMILES string of the molecule is OP(O)Oc1cccc2[nH]ccc12. The van der Waals surface area contributed by atoms with Crippen molar-refractivity contribution in [2.24, 2.45) is 0 Å². The summed E-state index contributed by atoms with van der Waals surface area (Å²) < 4.78 is 4.84. The van der Waals surface area contributed by atoms with E-state index < -0.39 is 8.60 Å². The molecule has 1 aromatic heterocycles. The van der Waals surface area contributed by atoms with Gasteiger partial charge in [-0.3, -0.25) is 0 Å². The molecule has 0 atom stereocenters.